The topological polar surface area (TPSA) is 87.5 Å². The highest BCUT2D eigenvalue weighted by molar-refractivity contribution is 7.13. The van der Waals surface area contributed by atoms with Crippen LogP contribution in [0.1, 0.15) is 40.7 Å². The van der Waals surface area contributed by atoms with Crippen LogP contribution in [0.2, 0.25) is 0 Å². The maximum absolute atomic E-state index is 13.1. The van der Waals surface area contributed by atoms with Crippen LogP contribution in [0, 0.1) is 6.92 Å². The lowest BCUT2D eigenvalue weighted by atomic mass is 10.1. The van der Waals surface area contributed by atoms with E-state index in [1.165, 1.54) is 0 Å². The van der Waals surface area contributed by atoms with E-state index in [9.17, 15) is 4.79 Å². The minimum Gasteiger partial charge on any atom is -0.493 e. The fourth-order valence-corrected chi connectivity index (χ4v) is 5.31. The Labute approximate surface area is 234 Å². The quantitative estimate of drug-likeness (QED) is 0.220. The summed E-state index contributed by atoms with van der Waals surface area (Å²) in [5, 5.41) is 6.01. The van der Waals surface area contributed by atoms with Crippen LogP contribution in [-0.2, 0) is 24.1 Å². The molecule has 0 bridgehead atoms. The molecule has 0 saturated heterocycles. The monoisotopic (exact) mass is 548 g/mol. The normalized spacial score (nSPS) is 11.0. The van der Waals surface area contributed by atoms with E-state index < -0.39 is 0 Å². The number of nitrogens with one attached hydrogen (secondary N) is 1. The smallest absolute Gasteiger partial charge is 0.253 e. The van der Waals surface area contributed by atoms with Crippen molar-refractivity contribution in [2.75, 3.05) is 34.5 Å². The van der Waals surface area contributed by atoms with Gasteiger partial charge in [-0.2, -0.15) is 0 Å². The third-order valence-corrected chi connectivity index (χ3v) is 7.58. The van der Waals surface area contributed by atoms with Crippen molar-refractivity contribution in [1.29, 1.82) is 0 Å². The van der Waals surface area contributed by atoms with E-state index in [4.69, 9.17) is 19.2 Å². The molecule has 0 unspecified atom stereocenters. The number of hydrogen-bond donors (Lipinski definition) is 1. The molecule has 3 heterocycles. The molecule has 0 atom stereocenters. The van der Waals surface area contributed by atoms with Gasteiger partial charge in [0.05, 0.1) is 31.2 Å². The molecule has 0 aliphatic heterocycles. The highest BCUT2D eigenvalue weighted by atomic mass is 32.1. The van der Waals surface area contributed by atoms with Gasteiger partial charge in [0.25, 0.3) is 5.91 Å². The molecule has 0 spiro atoms. The highest BCUT2D eigenvalue weighted by Crippen LogP contribution is 2.33. The molecule has 0 aliphatic carbocycles. The number of benzene rings is 1. The van der Waals surface area contributed by atoms with Gasteiger partial charge in [-0.3, -0.25) is 9.78 Å². The first-order valence-electron chi connectivity index (χ1n) is 13.1. The second kappa shape index (κ2) is 13.4. The predicted octanol–water partition coefficient (Wildman–Crippen LogP) is 5.57. The van der Waals surface area contributed by atoms with Gasteiger partial charge in [0.15, 0.2) is 11.5 Å². The lowest BCUT2D eigenvalue weighted by Crippen LogP contribution is -2.25. The average Bonchev–Trinajstić information content (AvgIpc) is 3.58. The minimum absolute atomic E-state index is 0.0908. The number of methoxy groups -OCH3 is 3. The number of hydrogen-bond acceptors (Lipinski definition) is 7. The van der Waals surface area contributed by atoms with Gasteiger partial charge in [-0.05, 0) is 62.1 Å². The number of pyridine rings is 1. The largest absolute Gasteiger partial charge is 0.493 e. The Morgan fingerprint density at radius 3 is 2.64 bits per heavy atom. The molecule has 206 valence electrons. The molecular weight excluding hydrogens is 512 g/mol. The van der Waals surface area contributed by atoms with E-state index in [1.807, 2.05) is 43.5 Å². The van der Waals surface area contributed by atoms with Crippen molar-refractivity contribution in [2.24, 2.45) is 0 Å². The molecule has 1 amide bonds. The first-order valence-corrected chi connectivity index (χ1v) is 14.0. The first-order chi connectivity index (χ1) is 19.0. The Morgan fingerprint density at radius 1 is 1.08 bits per heavy atom. The van der Waals surface area contributed by atoms with E-state index in [1.54, 1.807) is 32.7 Å². The first kappa shape index (κ1) is 28.3. The van der Waals surface area contributed by atoms with Crippen LogP contribution in [0.15, 0.2) is 48.0 Å². The van der Waals surface area contributed by atoms with Gasteiger partial charge in [-0.1, -0.05) is 13.0 Å². The number of rotatable bonds is 13. The van der Waals surface area contributed by atoms with Crippen LogP contribution in [0.5, 0.6) is 11.5 Å². The van der Waals surface area contributed by atoms with Crippen molar-refractivity contribution in [3.63, 3.8) is 0 Å². The van der Waals surface area contributed by atoms with Crippen LogP contribution >= 0.6 is 11.3 Å². The third-order valence-electron chi connectivity index (χ3n) is 6.69. The summed E-state index contributed by atoms with van der Waals surface area (Å²) in [6.45, 7) is 5.92. The summed E-state index contributed by atoms with van der Waals surface area (Å²) in [5.74, 6) is 1.30. The van der Waals surface area contributed by atoms with Gasteiger partial charge in [-0.25, -0.2) is 4.98 Å². The molecule has 1 N–H and O–H groups in total. The molecule has 4 rings (SSSR count). The molecule has 3 aromatic heterocycles. The molecule has 8 nitrogen and oxygen atoms in total. The second-order valence-electron chi connectivity index (χ2n) is 9.15. The van der Waals surface area contributed by atoms with Crippen LogP contribution in [0.4, 0.5) is 0 Å². The number of aryl methyl sites for hydroxylation is 2. The van der Waals surface area contributed by atoms with Crippen molar-refractivity contribution >= 4 is 17.2 Å². The number of ether oxygens (including phenoxy) is 3. The van der Waals surface area contributed by atoms with E-state index in [0.717, 1.165) is 58.2 Å². The number of thiazole rings is 1. The summed E-state index contributed by atoms with van der Waals surface area (Å²) in [7, 11) is 4.93. The van der Waals surface area contributed by atoms with Crippen LogP contribution in [-0.4, -0.2) is 54.9 Å². The zero-order chi connectivity index (χ0) is 27.8. The number of amides is 1. The lowest BCUT2D eigenvalue weighted by molar-refractivity contribution is 0.0948. The standard InChI is InChI=1S/C30H36N4O4S/c1-6-23-17-22(10-13-31-23)30-33-25(19-39-30)26-18-24(29(35)32-12-7-15-36-3)20(2)34(26)14-11-21-8-9-27(37-4)28(16-21)38-5/h8-10,13,16-19H,6-7,11-12,14-15H2,1-5H3,(H,32,35). The van der Waals surface area contributed by atoms with Crippen molar-refractivity contribution in [1.82, 2.24) is 19.9 Å². The van der Waals surface area contributed by atoms with Crippen LogP contribution in [0.25, 0.3) is 22.0 Å². The molecule has 9 heteroatoms. The summed E-state index contributed by atoms with van der Waals surface area (Å²) in [6.07, 6.45) is 4.21. The molecule has 0 aliphatic rings. The van der Waals surface area contributed by atoms with Gasteiger partial charge in [0.2, 0.25) is 0 Å². The number of aromatic nitrogens is 3. The van der Waals surface area contributed by atoms with Crippen molar-refractivity contribution in [2.45, 2.75) is 39.7 Å². The van der Waals surface area contributed by atoms with Crippen molar-refractivity contribution in [3.05, 3.63) is 70.5 Å². The molecular formula is C30H36N4O4S. The molecule has 0 saturated carbocycles. The van der Waals surface area contributed by atoms with Gasteiger partial charge in [-0.15, -0.1) is 11.3 Å². The van der Waals surface area contributed by atoms with Gasteiger partial charge >= 0.3 is 0 Å². The number of nitrogens with zero attached hydrogens (tertiary/aromatic N) is 3. The predicted molar refractivity (Wildman–Crippen MR) is 155 cm³/mol. The fourth-order valence-electron chi connectivity index (χ4n) is 4.49. The van der Waals surface area contributed by atoms with E-state index in [-0.39, 0.29) is 5.91 Å². The molecule has 39 heavy (non-hydrogen) atoms. The Kier molecular flexibility index (Phi) is 9.73. The summed E-state index contributed by atoms with van der Waals surface area (Å²) in [4.78, 5) is 22.5. The van der Waals surface area contributed by atoms with Crippen molar-refractivity contribution < 1.29 is 19.0 Å². The van der Waals surface area contributed by atoms with Gasteiger partial charge in [0.1, 0.15) is 5.01 Å². The number of carbonyl (C=O) groups excluding carboxylic acids is 1. The lowest BCUT2D eigenvalue weighted by Gasteiger charge is -2.13. The zero-order valence-corrected chi connectivity index (χ0v) is 24.1. The van der Waals surface area contributed by atoms with Gasteiger partial charge < -0.3 is 24.1 Å². The van der Waals surface area contributed by atoms with Crippen LogP contribution in [0.3, 0.4) is 0 Å². The average molecular weight is 549 g/mol. The number of carbonyl (C=O) groups is 1. The van der Waals surface area contributed by atoms with Crippen molar-refractivity contribution in [3.8, 4) is 33.5 Å². The highest BCUT2D eigenvalue weighted by Gasteiger charge is 2.20. The zero-order valence-electron chi connectivity index (χ0n) is 23.2. The summed E-state index contributed by atoms with van der Waals surface area (Å²) < 4.78 is 18.2. The summed E-state index contributed by atoms with van der Waals surface area (Å²) >= 11 is 1.59. The third kappa shape index (κ3) is 6.66. The van der Waals surface area contributed by atoms with E-state index in [0.29, 0.717) is 36.8 Å². The maximum atomic E-state index is 13.1. The molecule has 4 aromatic rings. The Bertz CT molecular complexity index is 1410. The second-order valence-corrected chi connectivity index (χ2v) is 10.0. The van der Waals surface area contributed by atoms with E-state index >= 15 is 0 Å². The molecule has 0 radical (unpaired) electrons. The maximum Gasteiger partial charge on any atom is 0.253 e. The Morgan fingerprint density at radius 2 is 1.90 bits per heavy atom. The summed E-state index contributed by atoms with van der Waals surface area (Å²) in [5.41, 5.74) is 6.52. The van der Waals surface area contributed by atoms with Crippen LogP contribution < -0.4 is 14.8 Å². The SMILES string of the molecule is CCc1cc(-c2nc(-c3cc(C(=O)NCCCOC)c(C)n3CCc3ccc(OC)c(OC)c3)cs2)ccn1. The van der Waals surface area contributed by atoms with E-state index in [2.05, 4.69) is 33.2 Å². The minimum atomic E-state index is -0.0908. The molecule has 0 fully saturated rings. The molecule has 1 aromatic carbocycles. The van der Waals surface area contributed by atoms with Gasteiger partial charge in [0, 0.05) is 55.3 Å². The Hall–Kier alpha value is -3.69. The fraction of sp³-hybridized carbons (Fsp3) is 0.367. The summed E-state index contributed by atoms with van der Waals surface area (Å²) in [6, 6.07) is 12.0. The Balaban J connectivity index is 1.66.